The largest absolute Gasteiger partial charge is 0.492 e. The first-order valence-corrected chi connectivity index (χ1v) is 9.86. The number of ether oxygens (including phenoxy) is 1. The van der Waals surface area contributed by atoms with Gasteiger partial charge in [0, 0.05) is 12.7 Å². The molecule has 4 rings (SSSR count). The molecule has 158 valence electrons. The number of nitrogens with zero attached hydrogens (tertiary/aromatic N) is 3. The van der Waals surface area contributed by atoms with Crippen molar-refractivity contribution in [2.45, 2.75) is 20.4 Å². The number of fused-ring (bicyclic) bond motifs is 1. The number of hydrogen-bond donors (Lipinski definition) is 1. The normalized spacial score (nSPS) is 11.1. The third kappa shape index (κ3) is 3.72. The lowest BCUT2D eigenvalue weighted by Crippen LogP contribution is -2.07. The van der Waals surface area contributed by atoms with Crippen LogP contribution in [-0.4, -0.2) is 32.7 Å². The van der Waals surface area contributed by atoms with Gasteiger partial charge in [0.15, 0.2) is 23.1 Å². The van der Waals surface area contributed by atoms with Crippen LogP contribution in [0.1, 0.15) is 27.2 Å². The van der Waals surface area contributed by atoms with E-state index in [4.69, 9.17) is 16.3 Å². The van der Waals surface area contributed by atoms with E-state index in [9.17, 15) is 14.3 Å². The van der Waals surface area contributed by atoms with Crippen LogP contribution in [0.5, 0.6) is 5.75 Å². The molecule has 0 atom stereocenters. The average molecular weight is 440 g/mol. The number of aromatic carboxylic acids is 1. The van der Waals surface area contributed by atoms with Crippen LogP contribution in [0.3, 0.4) is 0 Å². The molecule has 2 aromatic heterocycles. The van der Waals surface area contributed by atoms with Gasteiger partial charge in [-0.15, -0.1) is 0 Å². The minimum absolute atomic E-state index is 0.00592. The van der Waals surface area contributed by atoms with Gasteiger partial charge in [0.25, 0.3) is 0 Å². The van der Waals surface area contributed by atoms with Crippen molar-refractivity contribution >= 4 is 28.6 Å². The fraction of sp³-hybridized carbons (Fsp3) is 0.174. The SMILES string of the molecule is COc1c(Cl)ccc(-c2nc(C(=O)O)c3c(C)cn(Cc4ccc(C)cc4)c3n2)c1F. The van der Waals surface area contributed by atoms with Gasteiger partial charge in [0.2, 0.25) is 0 Å². The molecule has 4 aromatic rings. The second-order valence-electron chi connectivity index (χ2n) is 7.27. The summed E-state index contributed by atoms with van der Waals surface area (Å²) >= 11 is 5.99. The van der Waals surface area contributed by atoms with Crippen molar-refractivity contribution in [1.82, 2.24) is 14.5 Å². The highest BCUT2D eigenvalue weighted by molar-refractivity contribution is 6.32. The summed E-state index contributed by atoms with van der Waals surface area (Å²) < 4.78 is 21.9. The number of halogens is 2. The number of carboxylic acids is 1. The molecule has 0 amide bonds. The Kier molecular flexibility index (Phi) is 5.37. The second kappa shape index (κ2) is 8.00. The Bertz CT molecular complexity index is 1320. The van der Waals surface area contributed by atoms with E-state index in [0.29, 0.717) is 17.6 Å². The number of hydrogen-bond acceptors (Lipinski definition) is 4. The molecule has 0 saturated carbocycles. The predicted molar refractivity (Wildman–Crippen MR) is 116 cm³/mol. The van der Waals surface area contributed by atoms with Gasteiger partial charge >= 0.3 is 5.97 Å². The summed E-state index contributed by atoms with van der Waals surface area (Å²) in [6.45, 7) is 4.29. The average Bonchev–Trinajstić information content (AvgIpc) is 3.04. The minimum atomic E-state index is -1.22. The molecule has 31 heavy (non-hydrogen) atoms. The van der Waals surface area contributed by atoms with E-state index < -0.39 is 11.8 Å². The monoisotopic (exact) mass is 439 g/mol. The molecular formula is C23H19ClFN3O3. The zero-order valence-corrected chi connectivity index (χ0v) is 17.9. The van der Waals surface area contributed by atoms with Crippen molar-refractivity contribution in [2.24, 2.45) is 0 Å². The van der Waals surface area contributed by atoms with E-state index in [2.05, 4.69) is 9.97 Å². The first-order valence-electron chi connectivity index (χ1n) is 9.48. The zero-order chi connectivity index (χ0) is 22.3. The lowest BCUT2D eigenvalue weighted by Gasteiger charge is -2.11. The molecule has 0 unspecified atom stereocenters. The van der Waals surface area contributed by atoms with Crippen LogP contribution < -0.4 is 4.74 Å². The van der Waals surface area contributed by atoms with E-state index in [-0.39, 0.29) is 27.9 Å². The van der Waals surface area contributed by atoms with Crippen LogP contribution in [0.2, 0.25) is 5.02 Å². The third-order valence-corrected chi connectivity index (χ3v) is 5.37. The van der Waals surface area contributed by atoms with Crippen LogP contribution >= 0.6 is 11.6 Å². The van der Waals surface area contributed by atoms with E-state index in [1.807, 2.05) is 42.0 Å². The van der Waals surface area contributed by atoms with E-state index in [1.165, 1.54) is 19.2 Å². The highest BCUT2D eigenvalue weighted by Crippen LogP contribution is 2.35. The Morgan fingerprint density at radius 1 is 1.16 bits per heavy atom. The molecule has 1 N–H and O–H groups in total. The van der Waals surface area contributed by atoms with Crippen LogP contribution in [0.4, 0.5) is 4.39 Å². The first kappa shape index (κ1) is 20.8. The maximum Gasteiger partial charge on any atom is 0.355 e. The molecule has 0 radical (unpaired) electrons. The summed E-state index contributed by atoms with van der Waals surface area (Å²) in [6.07, 6.45) is 1.83. The smallest absolute Gasteiger partial charge is 0.355 e. The summed E-state index contributed by atoms with van der Waals surface area (Å²) in [5.41, 5.74) is 3.12. The van der Waals surface area contributed by atoms with E-state index >= 15 is 0 Å². The number of carboxylic acid groups (broad SMARTS) is 1. The Balaban J connectivity index is 1.94. The maximum absolute atomic E-state index is 15.0. The standard InChI is InChI=1S/C23H19ClFN3O3/c1-12-4-6-14(7-5-12)11-28-10-13(2)17-19(23(29)30)26-21(27-22(17)28)15-8-9-16(24)20(31-3)18(15)25/h4-10H,11H2,1-3H3,(H,29,30). The van der Waals surface area contributed by atoms with Gasteiger partial charge in [0.05, 0.1) is 23.1 Å². The van der Waals surface area contributed by atoms with Gasteiger partial charge in [0.1, 0.15) is 5.65 Å². The predicted octanol–water partition coefficient (Wildman–Crippen LogP) is 5.26. The molecule has 6 nitrogen and oxygen atoms in total. The lowest BCUT2D eigenvalue weighted by atomic mass is 10.1. The third-order valence-electron chi connectivity index (χ3n) is 5.08. The van der Waals surface area contributed by atoms with Crippen LogP contribution in [0.25, 0.3) is 22.4 Å². The zero-order valence-electron chi connectivity index (χ0n) is 17.1. The van der Waals surface area contributed by atoms with Crippen LogP contribution in [0.15, 0.2) is 42.6 Å². The van der Waals surface area contributed by atoms with Crippen molar-refractivity contribution in [3.8, 4) is 17.1 Å². The number of aromatic nitrogens is 3. The molecular weight excluding hydrogens is 421 g/mol. The van der Waals surface area contributed by atoms with Gasteiger partial charge in [-0.25, -0.2) is 19.2 Å². The second-order valence-corrected chi connectivity index (χ2v) is 7.67. The van der Waals surface area contributed by atoms with Gasteiger partial charge in [-0.05, 0) is 37.1 Å². The Labute approximate surface area is 182 Å². The number of rotatable bonds is 5. The first-order chi connectivity index (χ1) is 14.8. The summed E-state index contributed by atoms with van der Waals surface area (Å²) in [6, 6.07) is 10.9. The van der Waals surface area contributed by atoms with Gasteiger partial charge in [-0.2, -0.15) is 0 Å². The number of carbonyl (C=O) groups is 1. The summed E-state index contributed by atoms with van der Waals surface area (Å²) in [4.78, 5) is 20.7. The topological polar surface area (TPSA) is 77.2 Å². The van der Waals surface area contributed by atoms with E-state index in [1.54, 1.807) is 6.92 Å². The highest BCUT2D eigenvalue weighted by atomic mass is 35.5. The molecule has 2 aromatic carbocycles. The van der Waals surface area contributed by atoms with Gasteiger partial charge in [-0.3, -0.25) is 0 Å². The lowest BCUT2D eigenvalue weighted by molar-refractivity contribution is 0.0692. The molecule has 0 aliphatic heterocycles. The summed E-state index contributed by atoms with van der Waals surface area (Å²) in [7, 11) is 1.30. The van der Waals surface area contributed by atoms with Crippen molar-refractivity contribution in [3.05, 3.63) is 75.8 Å². The van der Waals surface area contributed by atoms with Crippen molar-refractivity contribution < 1.29 is 19.0 Å². The van der Waals surface area contributed by atoms with Crippen molar-refractivity contribution in [2.75, 3.05) is 7.11 Å². The molecule has 2 heterocycles. The fourth-order valence-electron chi connectivity index (χ4n) is 3.56. The fourth-order valence-corrected chi connectivity index (χ4v) is 3.78. The highest BCUT2D eigenvalue weighted by Gasteiger charge is 2.23. The van der Waals surface area contributed by atoms with Crippen LogP contribution in [-0.2, 0) is 6.54 Å². The summed E-state index contributed by atoms with van der Waals surface area (Å²) in [5, 5.41) is 10.3. The minimum Gasteiger partial charge on any atom is -0.492 e. The number of aryl methyl sites for hydroxylation is 2. The Morgan fingerprint density at radius 2 is 1.87 bits per heavy atom. The Morgan fingerprint density at radius 3 is 2.52 bits per heavy atom. The molecule has 0 aliphatic rings. The van der Waals surface area contributed by atoms with Gasteiger partial charge in [-0.1, -0.05) is 41.4 Å². The molecule has 0 saturated heterocycles. The maximum atomic E-state index is 15.0. The van der Waals surface area contributed by atoms with Crippen LogP contribution in [0, 0.1) is 19.7 Å². The molecule has 0 bridgehead atoms. The molecule has 0 aliphatic carbocycles. The van der Waals surface area contributed by atoms with E-state index in [0.717, 1.165) is 16.7 Å². The molecule has 8 heteroatoms. The number of benzene rings is 2. The quantitative estimate of drug-likeness (QED) is 0.458. The van der Waals surface area contributed by atoms with Crippen molar-refractivity contribution in [1.29, 1.82) is 0 Å². The van der Waals surface area contributed by atoms with Gasteiger partial charge < -0.3 is 14.4 Å². The molecule has 0 spiro atoms. The van der Waals surface area contributed by atoms with Crippen molar-refractivity contribution in [3.63, 3.8) is 0 Å². The molecule has 0 fully saturated rings. The Hall–Kier alpha value is -3.45. The number of methoxy groups -OCH3 is 1. The summed E-state index contributed by atoms with van der Waals surface area (Å²) in [5.74, 6) is -2.17.